The molecule has 18 heavy (non-hydrogen) atoms. The molecule has 3 nitrogen and oxygen atoms in total. The average molecular weight is 328 g/mol. The molecule has 0 heterocycles. The minimum atomic E-state index is -1.88. The van der Waals surface area contributed by atoms with Gasteiger partial charge in [0.05, 0.1) is 5.02 Å². The third kappa shape index (κ3) is 3.82. The third-order valence-electron chi connectivity index (χ3n) is 2.15. The topological polar surface area (TPSA) is 41.8 Å². The summed E-state index contributed by atoms with van der Waals surface area (Å²) in [5.74, 6) is -0.433. The number of carbonyl (C=O) groups excluding carboxylic acids is 1. The van der Waals surface area contributed by atoms with E-state index in [0.717, 1.165) is 0 Å². The van der Waals surface area contributed by atoms with Gasteiger partial charge in [-0.25, -0.2) is 0 Å². The maximum Gasteiger partial charge on any atom is 0.286 e. The molecule has 98 valence electrons. The summed E-state index contributed by atoms with van der Waals surface area (Å²) < 4.78 is -1.88. The second-order valence-corrected chi connectivity index (χ2v) is 5.70. The molecule has 0 bridgehead atoms. The van der Waals surface area contributed by atoms with Gasteiger partial charge in [0.15, 0.2) is 5.78 Å². The molecule has 0 fully saturated rings. The highest BCUT2D eigenvalue weighted by molar-refractivity contribution is 6.58. The summed E-state index contributed by atoms with van der Waals surface area (Å²) in [6, 6.07) is 3.20. The van der Waals surface area contributed by atoms with Crippen molar-refractivity contribution in [1.82, 2.24) is 0 Å². The number of ketones is 1. The number of carbonyl (C=O) groups is 1. The van der Waals surface area contributed by atoms with E-state index in [9.17, 15) is 4.79 Å². The van der Waals surface area contributed by atoms with Crippen LogP contribution in [0, 0.1) is 6.92 Å². The van der Waals surface area contributed by atoms with Crippen LogP contribution in [0.3, 0.4) is 0 Å². The molecule has 0 atom stereocenters. The van der Waals surface area contributed by atoms with Crippen LogP contribution in [0.25, 0.3) is 0 Å². The average Bonchev–Trinajstić information content (AvgIpc) is 2.26. The van der Waals surface area contributed by atoms with E-state index < -0.39 is 10.2 Å². The molecule has 0 aliphatic heterocycles. The molecule has 0 spiro atoms. The number of azo groups is 1. The van der Waals surface area contributed by atoms with E-state index in [2.05, 4.69) is 10.2 Å². The molecular formula is C11H10Cl4N2O. The number of benzene rings is 1. The van der Waals surface area contributed by atoms with Crippen LogP contribution in [-0.4, -0.2) is 10.2 Å². The third-order valence-corrected chi connectivity index (χ3v) is 3.23. The molecule has 7 heteroatoms. The Bertz CT molecular complexity index is 477. The molecule has 0 amide bonds. The zero-order valence-electron chi connectivity index (χ0n) is 9.68. The smallest absolute Gasteiger partial charge is 0.286 e. The lowest BCUT2D eigenvalue weighted by Crippen LogP contribution is -2.21. The van der Waals surface area contributed by atoms with E-state index in [1.807, 2.05) is 0 Å². The van der Waals surface area contributed by atoms with Crippen LogP contribution in [0.1, 0.15) is 18.9 Å². The molecule has 0 saturated carbocycles. The Morgan fingerprint density at radius 2 is 1.94 bits per heavy atom. The first-order valence-electron chi connectivity index (χ1n) is 5.07. The number of hydrogen-bond acceptors (Lipinski definition) is 3. The maximum absolute atomic E-state index is 11.4. The van der Waals surface area contributed by atoms with E-state index in [4.69, 9.17) is 46.4 Å². The van der Waals surface area contributed by atoms with Gasteiger partial charge in [-0.2, -0.15) is 5.11 Å². The summed E-state index contributed by atoms with van der Waals surface area (Å²) in [7, 11) is 0. The van der Waals surface area contributed by atoms with Crippen LogP contribution in [0.2, 0.25) is 10.0 Å². The van der Waals surface area contributed by atoms with Gasteiger partial charge in [0.25, 0.3) is 4.46 Å². The fraction of sp³-hybridized carbons (Fsp3) is 0.364. The van der Waals surface area contributed by atoms with E-state index >= 15 is 0 Å². The Morgan fingerprint density at radius 3 is 2.44 bits per heavy atom. The van der Waals surface area contributed by atoms with Crippen molar-refractivity contribution in [2.24, 2.45) is 10.2 Å². The lowest BCUT2D eigenvalue weighted by molar-refractivity contribution is -0.119. The summed E-state index contributed by atoms with van der Waals surface area (Å²) in [5.41, 5.74) is 1.10. The first-order valence-corrected chi connectivity index (χ1v) is 6.58. The maximum atomic E-state index is 11.4. The second kappa shape index (κ2) is 6.20. The Morgan fingerprint density at radius 1 is 1.33 bits per heavy atom. The van der Waals surface area contributed by atoms with Gasteiger partial charge in [0.2, 0.25) is 0 Å². The monoisotopic (exact) mass is 326 g/mol. The van der Waals surface area contributed by atoms with Crippen molar-refractivity contribution in [2.75, 3.05) is 0 Å². The van der Waals surface area contributed by atoms with Crippen molar-refractivity contribution in [1.29, 1.82) is 0 Å². The quantitative estimate of drug-likeness (QED) is 0.409. The zero-order chi connectivity index (χ0) is 13.9. The van der Waals surface area contributed by atoms with Crippen LogP contribution in [-0.2, 0) is 4.79 Å². The first-order chi connectivity index (χ1) is 8.27. The predicted molar refractivity (Wildman–Crippen MR) is 75.5 cm³/mol. The molecule has 1 rings (SSSR count). The van der Waals surface area contributed by atoms with Crippen molar-refractivity contribution in [3.05, 3.63) is 27.7 Å². The van der Waals surface area contributed by atoms with Crippen molar-refractivity contribution < 1.29 is 4.79 Å². The predicted octanol–water partition coefficient (Wildman–Crippen LogP) is 5.50. The molecule has 0 N–H and O–H groups in total. The van der Waals surface area contributed by atoms with Crippen LogP contribution in [0.5, 0.6) is 0 Å². The van der Waals surface area contributed by atoms with Gasteiger partial charge < -0.3 is 0 Å². The number of alkyl halides is 2. The minimum absolute atomic E-state index is 0.166. The molecular weight excluding hydrogens is 318 g/mol. The molecule has 1 aromatic carbocycles. The van der Waals surface area contributed by atoms with Crippen LogP contribution in [0.15, 0.2) is 22.4 Å². The standard InChI is InChI=1S/C11H10Cl4N2O/c1-3-9(18)11(14,15)17-16-10-6(2)4-7(12)5-8(10)13/h4-5H,3H2,1-2H3/b17-16+. The summed E-state index contributed by atoms with van der Waals surface area (Å²) in [4.78, 5) is 11.4. The van der Waals surface area contributed by atoms with E-state index in [-0.39, 0.29) is 6.42 Å². The highest BCUT2D eigenvalue weighted by atomic mass is 35.5. The van der Waals surface area contributed by atoms with Crippen LogP contribution in [0.4, 0.5) is 5.69 Å². The van der Waals surface area contributed by atoms with Gasteiger partial charge in [-0.15, -0.1) is 5.11 Å². The Balaban J connectivity index is 3.09. The lowest BCUT2D eigenvalue weighted by Gasteiger charge is -2.10. The second-order valence-electron chi connectivity index (χ2n) is 3.57. The van der Waals surface area contributed by atoms with Gasteiger partial charge in [0, 0.05) is 11.4 Å². The molecule has 1 aromatic rings. The lowest BCUT2D eigenvalue weighted by atomic mass is 10.2. The molecule has 0 aliphatic rings. The van der Waals surface area contributed by atoms with Crippen molar-refractivity contribution in [3.8, 4) is 0 Å². The molecule has 0 saturated heterocycles. The fourth-order valence-electron chi connectivity index (χ4n) is 1.20. The van der Waals surface area contributed by atoms with E-state index in [0.29, 0.717) is 21.3 Å². The van der Waals surface area contributed by atoms with Crippen LogP contribution < -0.4 is 0 Å². The number of aryl methyl sites for hydroxylation is 1. The summed E-state index contributed by atoms with van der Waals surface area (Å²) in [6.07, 6.45) is 0.166. The number of rotatable bonds is 4. The van der Waals surface area contributed by atoms with E-state index in [1.165, 1.54) is 6.07 Å². The van der Waals surface area contributed by atoms with Crippen LogP contribution >= 0.6 is 46.4 Å². The SMILES string of the molecule is CCC(=O)C(Cl)(Cl)/N=N/c1c(C)cc(Cl)cc1Cl. The highest BCUT2D eigenvalue weighted by Crippen LogP contribution is 2.35. The molecule has 0 radical (unpaired) electrons. The zero-order valence-corrected chi connectivity index (χ0v) is 12.7. The van der Waals surface area contributed by atoms with Gasteiger partial charge in [-0.3, -0.25) is 4.79 Å². The largest absolute Gasteiger partial charge is 0.294 e. The first kappa shape index (κ1) is 15.7. The van der Waals surface area contributed by atoms with Gasteiger partial charge in [-0.05, 0) is 24.6 Å². The fourth-order valence-corrected chi connectivity index (χ4v) is 2.18. The van der Waals surface area contributed by atoms with Crippen molar-refractivity contribution >= 4 is 57.9 Å². The van der Waals surface area contributed by atoms with E-state index in [1.54, 1.807) is 19.9 Å². The van der Waals surface area contributed by atoms with Gasteiger partial charge >= 0.3 is 0 Å². The summed E-state index contributed by atoms with van der Waals surface area (Å²) in [6.45, 7) is 3.40. The number of halogens is 4. The Labute approximate surface area is 125 Å². The highest BCUT2D eigenvalue weighted by Gasteiger charge is 2.32. The van der Waals surface area contributed by atoms with Crippen molar-refractivity contribution in [2.45, 2.75) is 24.7 Å². The Hall–Kier alpha value is -0.350. The van der Waals surface area contributed by atoms with Gasteiger partial charge in [0.1, 0.15) is 5.69 Å². The molecule has 0 aromatic heterocycles. The number of Topliss-reactive ketones (excluding diaryl/α,β-unsaturated/α-hetero) is 1. The molecule has 0 unspecified atom stereocenters. The number of hydrogen-bond donors (Lipinski definition) is 0. The van der Waals surface area contributed by atoms with Crippen molar-refractivity contribution in [3.63, 3.8) is 0 Å². The Kier molecular flexibility index (Phi) is 5.41. The summed E-state index contributed by atoms with van der Waals surface area (Å²) >= 11 is 23.3. The molecule has 0 aliphatic carbocycles. The number of nitrogens with zero attached hydrogens (tertiary/aromatic N) is 2. The normalized spacial score (nSPS) is 12.1. The van der Waals surface area contributed by atoms with Gasteiger partial charge in [-0.1, -0.05) is 53.3 Å². The summed E-state index contributed by atoms with van der Waals surface area (Å²) in [5, 5.41) is 8.27. The minimum Gasteiger partial charge on any atom is -0.294 e.